The van der Waals surface area contributed by atoms with Crippen molar-refractivity contribution in [3.05, 3.63) is 0 Å². The number of rotatable bonds is 4. The third kappa shape index (κ3) is 2.76. The minimum Gasteiger partial charge on any atom is -0.393 e. The van der Waals surface area contributed by atoms with E-state index >= 15 is 0 Å². The molecular formula is C10H21NO. The Hall–Kier alpha value is -0.0800. The molecule has 0 bridgehead atoms. The van der Waals surface area contributed by atoms with Crippen LogP contribution < -0.4 is 5.73 Å². The van der Waals surface area contributed by atoms with Crippen molar-refractivity contribution < 1.29 is 5.11 Å². The van der Waals surface area contributed by atoms with Crippen LogP contribution in [0.25, 0.3) is 0 Å². The van der Waals surface area contributed by atoms with Gasteiger partial charge in [0.1, 0.15) is 0 Å². The lowest BCUT2D eigenvalue weighted by Gasteiger charge is -2.22. The van der Waals surface area contributed by atoms with E-state index in [1.807, 2.05) is 6.92 Å². The summed E-state index contributed by atoms with van der Waals surface area (Å²) < 4.78 is 0. The van der Waals surface area contributed by atoms with Gasteiger partial charge in [0.2, 0.25) is 0 Å². The van der Waals surface area contributed by atoms with Crippen LogP contribution in [0.2, 0.25) is 0 Å². The zero-order valence-corrected chi connectivity index (χ0v) is 8.00. The van der Waals surface area contributed by atoms with Crippen LogP contribution in [0.15, 0.2) is 0 Å². The van der Waals surface area contributed by atoms with Gasteiger partial charge in [-0.15, -0.1) is 0 Å². The van der Waals surface area contributed by atoms with Crippen molar-refractivity contribution in [3.63, 3.8) is 0 Å². The number of aliphatic hydroxyl groups is 1. The molecule has 1 aliphatic rings. The fraction of sp³-hybridized carbons (Fsp3) is 1.00. The summed E-state index contributed by atoms with van der Waals surface area (Å²) >= 11 is 0. The summed E-state index contributed by atoms with van der Waals surface area (Å²) in [5.41, 5.74) is 5.69. The second kappa shape index (κ2) is 4.83. The first-order valence-electron chi connectivity index (χ1n) is 5.12. The summed E-state index contributed by atoms with van der Waals surface area (Å²) in [6, 6.07) is 0. The highest BCUT2D eigenvalue weighted by atomic mass is 16.3. The minimum absolute atomic E-state index is 0.181. The number of hydrogen-bond acceptors (Lipinski definition) is 2. The molecule has 3 N–H and O–H groups in total. The van der Waals surface area contributed by atoms with Gasteiger partial charge in [0, 0.05) is 0 Å². The van der Waals surface area contributed by atoms with Gasteiger partial charge < -0.3 is 10.8 Å². The summed E-state index contributed by atoms with van der Waals surface area (Å²) in [5.74, 6) is 1.36. The van der Waals surface area contributed by atoms with Crippen molar-refractivity contribution in [2.75, 3.05) is 6.54 Å². The van der Waals surface area contributed by atoms with Crippen LogP contribution in [0.5, 0.6) is 0 Å². The molecule has 2 atom stereocenters. The molecule has 0 heterocycles. The molecule has 1 fully saturated rings. The molecule has 0 saturated heterocycles. The van der Waals surface area contributed by atoms with Crippen molar-refractivity contribution in [3.8, 4) is 0 Å². The van der Waals surface area contributed by atoms with E-state index in [-0.39, 0.29) is 6.10 Å². The van der Waals surface area contributed by atoms with Crippen LogP contribution in [0.4, 0.5) is 0 Å². The summed E-state index contributed by atoms with van der Waals surface area (Å²) in [7, 11) is 0. The molecule has 0 amide bonds. The fourth-order valence-corrected chi connectivity index (χ4v) is 2.35. The number of hydrogen-bond donors (Lipinski definition) is 2. The monoisotopic (exact) mass is 171 g/mol. The normalized spacial score (nSPS) is 24.2. The lowest BCUT2D eigenvalue weighted by molar-refractivity contribution is 0.142. The Morgan fingerprint density at radius 2 is 2.00 bits per heavy atom. The summed E-state index contributed by atoms with van der Waals surface area (Å²) in [4.78, 5) is 0. The highest BCUT2D eigenvalue weighted by molar-refractivity contribution is 4.77. The molecule has 1 rings (SSSR count). The predicted octanol–water partition coefficient (Wildman–Crippen LogP) is 1.52. The zero-order chi connectivity index (χ0) is 8.97. The SMILES string of the molecule is CC(O)CC(CN)C1CCCC1. The first-order chi connectivity index (χ1) is 5.74. The molecule has 12 heavy (non-hydrogen) atoms. The molecule has 0 aromatic rings. The van der Waals surface area contributed by atoms with Gasteiger partial charge in [-0.05, 0) is 31.7 Å². The lowest BCUT2D eigenvalue weighted by Crippen LogP contribution is -2.25. The molecule has 2 nitrogen and oxygen atoms in total. The van der Waals surface area contributed by atoms with E-state index < -0.39 is 0 Å². The Kier molecular flexibility index (Phi) is 4.02. The van der Waals surface area contributed by atoms with E-state index in [2.05, 4.69) is 0 Å². The van der Waals surface area contributed by atoms with E-state index in [9.17, 15) is 5.11 Å². The molecule has 0 spiro atoms. The van der Waals surface area contributed by atoms with Crippen LogP contribution in [-0.4, -0.2) is 17.8 Å². The van der Waals surface area contributed by atoms with E-state index in [0.29, 0.717) is 5.92 Å². The molecule has 2 heteroatoms. The average molecular weight is 171 g/mol. The second-order valence-corrected chi connectivity index (χ2v) is 4.13. The molecule has 1 aliphatic carbocycles. The van der Waals surface area contributed by atoms with Crippen molar-refractivity contribution in [1.82, 2.24) is 0 Å². The molecular weight excluding hydrogens is 150 g/mol. The van der Waals surface area contributed by atoms with E-state index in [0.717, 1.165) is 18.9 Å². The van der Waals surface area contributed by atoms with Crippen molar-refractivity contribution in [1.29, 1.82) is 0 Å². The molecule has 0 aromatic heterocycles. The van der Waals surface area contributed by atoms with Crippen LogP contribution in [0, 0.1) is 11.8 Å². The van der Waals surface area contributed by atoms with E-state index in [1.165, 1.54) is 25.7 Å². The second-order valence-electron chi connectivity index (χ2n) is 4.13. The molecule has 2 unspecified atom stereocenters. The Balaban J connectivity index is 2.32. The quantitative estimate of drug-likeness (QED) is 0.673. The van der Waals surface area contributed by atoms with Gasteiger partial charge >= 0.3 is 0 Å². The van der Waals surface area contributed by atoms with Gasteiger partial charge in [-0.2, -0.15) is 0 Å². The number of aliphatic hydroxyl groups excluding tert-OH is 1. The Bertz CT molecular complexity index is 119. The zero-order valence-electron chi connectivity index (χ0n) is 8.00. The van der Waals surface area contributed by atoms with Gasteiger partial charge in [0.15, 0.2) is 0 Å². The minimum atomic E-state index is -0.181. The molecule has 1 saturated carbocycles. The van der Waals surface area contributed by atoms with Crippen LogP contribution in [0.1, 0.15) is 39.0 Å². The molecule has 0 aliphatic heterocycles. The summed E-state index contributed by atoms with van der Waals surface area (Å²) in [5, 5.41) is 9.26. The van der Waals surface area contributed by atoms with Crippen LogP contribution in [-0.2, 0) is 0 Å². The predicted molar refractivity (Wildman–Crippen MR) is 50.8 cm³/mol. The van der Waals surface area contributed by atoms with Gasteiger partial charge in [-0.25, -0.2) is 0 Å². The Labute approximate surface area is 75.2 Å². The standard InChI is InChI=1S/C10H21NO/c1-8(12)6-10(7-11)9-4-2-3-5-9/h8-10,12H,2-7,11H2,1H3. The average Bonchev–Trinajstić information content (AvgIpc) is 2.51. The maximum atomic E-state index is 9.26. The first-order valence-corrected chi connectivity index (χ1v) is 5.12. The van der Waals surface area contributed by atoms with Gasteiger partial charge in [-0.1, -0.05) is 25.7 Å². The summed E-state index contributed by atoms with van der Waals surface area (Å²) in [6.45, 7) is 2.60. The molecule has 0 aromatic carbocycles. The number of nitrogens with two attached hydrogens (primary N) is 1. The maximum absolute atomic E-state index is 9.26. The van der Waals surface area contributed by atoms with Crippen LogP contribution >= 0.6 is 0 Å². The highest BCUT2D eigenvalue weighted by Gasteiger charge is 2.24. The smallest absolute Gasteiger partial charge is 0.0515 e. The maximum Gasteiger partial charge on any atom is 0.0515 e. The topological polar surface area (TPSA) is 46.2 Å². The molecule has 72 valence electrons. The first kappa shape index (κ1) is 10.0. The third-order valence-electron chi connectivity index (χ3n) is 3.01. The molecule has 0 radical (unpaired) electrons. The van der Waals surface area contributed by atoms with E-state index in [4.69, 9.17) is 5.73 Å². The summed E-state index contributed by atoms with van der Waals surface area (Å²) in [6.07, 6.45) is 6.09. The Morgan fingerprint density at radius 3 is 2.42 bits per heavy atom. The highest BCUT2D eigenvalue weighted by Crippen LogP contribution is 2.33. The third-order valence-corrected chi connectivity index (χ3v) is 3.01. The largest absolute Gasteiger partial charge is 0.393 e. The lowest BCUT2D eigenvalue weighted by atomic mass is 9.87. The van der Waals surface area contributed by atoms with Gasteiger partial charge in [0.25, 0.3) is 0 Å². The van der Waals surface area contributed by atoms with Crippen LogP contribution in [0.3, 0.4) is 0 Å². The van der Waals surface area contributed by atoms with Crippen molar-refractivity contribution in [2.24, 2.45) is 17.6 Å². The van der Waals surface area contributed by atoms with Gasteiger partial charge in [0.05, 0.1) is 6.10 Å². The van der Waals surface area contributed by atoms with E-state index in [1.54, 1.807) is 0 Å². The Morgan fingerprint density at radius 1 is 1.42 bits per heavy atom. The van der Waals surface area contributed by atoms with Gasteiger partial charge in [-0.3, -0.25) is 0 Å². The van der Waals surface area contributed by atoms with Crippen molar-refractivity contribution >= 4 is 0 Å². The fourth-order valence-electron chi connectivity index (χ4n) is 2.35. The van der Waals surface area contributed by atoms with Crippen molar-refractivity contribution in [2.45, 2.75) is 45.1 Å².